The first-order chi connectivity index (χ1) is 7.08. The summed E-state index contributed by atoms with van der Waals surface area (Å²) in [6.45, 7) is 3.77. The average molecular weight is 212 g/mol. The van der Waals surface area contributed by atoms with E-state index in [0.29, 0.717) is 0 Å². The molecular formula is C9H7FNO4. The predicted molar refractivity (Wildman–Crippen MR) is 48.3 cm³/mol. The van der Waals surface area contributed by atoms with Gasteiger partial charge in [-0.3, -0.25) is 10.1 Å². The standard InChI is InChI=1S/C9H7FNO4/c1-5-4-14-8-3-7(11(12)13)6(10)2-9(8)15-5/h2-3,5H,1,4H2/t5-/m1/s1. The number of nitro benzene ring substituents is 1. The van der Waals surface area contributed by atoms with E-state index in [4.69, 9.17) is 9.47 Å². The van der Waals surface area contributed by atoms with Gasteiger partial charge in [-0.25, -0.2) is 0 Å². The highest BCUT2D eigenvalue weighted by Crippen LogP contribution is 2.36. The van der Waals surface area contributed by atoms with E-state index in [-0.39, 0.29) is 18.1 Å². The smallest absolute Gasteiger partial charge is 0.308 e. The van der Waals surface area contributed by atoms with Gasteiger partial charge >= 0.3 is 5.69 Å². The minimum atomic E-state index is -0.948. The summed E-state index contributed by atoms with van der Waals surface area (Å²) in [6.07, 6.45) is -0.432. The summed E-state index contributed by atoms with van der Waals surface area (Å²) >= 11 is 0. The lowest BCUT2D eigenvalue weighted by atomic mass is 10.2. The molecule has 0 spiro atoms. The zero-order chi connectivity index (χ0) is 11.0. The van der Waals surface area contributed by atoms with Crippen LogP contribution in [0.2, 0.25) is 0 Å². The van der Waals surface area contributed by atoms with Crippen LogP contribution in [0.15, 0.2) is 12.1 Å². The Morgan fingerprint density at radius 3 is 2.93 bits per heavy atom. The SMILES string of the molecule is [CH2][C@@H]1COc2cc([N+](=O)[O-])c(F)cc2O1. The number of hydrogen-bond acceptors (Lipinski definition) is 4. The molecule has 6 heteroatoms. The highest BCUT2D eigenvalue weighted by molar-refractivity contribution is 5.50. The molecule has 0 fully saturated rings. The molecule has 0 N–H and O–H groups in total. The van der Waals surface area contributed by atoms with Crippen molar-refractivity contribution in [2.45, 2.75) is 6.10 Å². The molecule has 0 aromatic heterocycles. The van der Waals surface area contributed by atoms with E-state index < -0.39 is 22.5 Å². The fraction of sp³-hybridized carbons (Fsp3) is 0.222. The van der Waals surface area contributed by atoms with Gasteiger partial charge < -0.3 is 9.47 Å². The molecule has 1 aliphatic heterocycles. The number of fused-ring (bicyclic) bond motifs is 1. The van der Waals surface area contributed by atoms with Crippen LogP contribution >= 0.6 is 0 Å². The molecule has 79 valence electrons. The molecular weight excluding hydrogens is 205 g/mol. The molecule has 1 aliphatic rings. The van der Waals surface area contributed by atoms with Crippen LogP contribution in [0.25, 0.3) is 0 Å². The maximum atomic E-state index is 13.2. The van der Waals surface area contributed by atoms with Gasteiger partial charge in [0.05, 0.1) is 11.0 Å². The van der Waals surface area contributed by atoms with Crippen LogP contribution in [0, 0.1) is 22.9 Å². The molecule has 1 atom stereocenters. The molecule has 0 unspecified atom stereocenters. The second kappa shape index (κ2) is 3.38. The van der Waals surface area contributed by atoms with Crippen molar-refractivity contribution < 1.29 is 18.8 Å². The molecule has 2 rings (SSSR count). The van der Waals surface area contributed by atoms with Gasteiger partial charge in [0.2, 0.25) is 5.82 Å². The van der Waals surface area contributed by atoms with Gasteiger partial charge in [0.15, 0.2) is 11.5 Å². The minimum absolute atomic E-state index is 0.143. The van der Waals surface area contributed by atoms with Gasteiger partial charge in [0.25, 0.3) is 0 Å². The van der Waals surface area contributed by atoms with Crippen LogP contribution in [-0.2, 0) is 0 Å². The monoisotopic (exact) mass is 212 g/mol. The first kappa shape index (κ1) is 9.70. The van der Waals surface area contributed by atoms with E-state index in [9.17, 15) is 14.5 Å². The summed E-state index contributed by atoms with van der Waals surface area (Å²) < 4.78 is 23.4. The van der Waals surface area contributed by atoms with Crippen LogP contribution < -0.4 is 9.47 Å². The van der Waals surface area contributed by atoms with Crippen molar-refractivity contribution in [1.29, 1.82) is 0 Å². The number of ether oxygens (including phenoxy) is 2. The van der Waals surface area contributed by atoms with E-state index in [1.54, 1.807) is 0 Å². The van der Waals surface area contributed by atoms with Gasteiger partial charge in [0, 0.05) is 6.07 Å². The Morgan fingerprint density at radius 1 is 1.53 bits per heavy atom. The number of nitro groups is 1. The lowest BCUT2D eigenvalue weighted by Gasteiger charge is -2.23. The minimum Gasteiger partial charge on any atom is -0.486 e. The lowest BCUT2D eigenvalue weighted by Crippen LogP contribution is -2.26. The molecule has 5 nitrogen and oxygen atoms in total. The normalized spacial score (nSPS) is 18.7. The number of nitrogens with zero attached hydrogens (tertiary/aromatic N) is 1. The van der Waals surface area contributed by atoms with E-state index >= 15 is 0 Å². The van der Waals surface area contributed by atoms with Crippen LogP contribution in [0.5, 0.6) is 11.5 Å². The largest absolute Gasteiger partial charge is 0.486 e. The molecule has 0 saturated heterocycles. The third-order valence-electron chi connectivity index (χ3n) is 1.93. The summed E-state index contributed by atoms with van der Waals surface area (Å²) in [4.78, 5) is 9.62. The summed E-state index contributed by atoms with van der Waals surface area (Å²) in [5, 5.41) is 10.4. The second-order valence-corrected chi connectivity index (χ2v) is 3.06. The third-order valence-corrected chi connectivity index (χ3v) is 1.93. The molecule has 0 saturated carbocycles. The molecule has 0 aliphatic carbocycles. The van der Waals surface area contributed by atoms with E-state index in [1.807, 2.05) is 0 Å². The van der Waals surface area contributed by atoms with Crippen LogP contribution in [0.1, 0.15) is 0 Å². The lowest BCUT2D eigenvalue weighted by molar-refractivity contribution is -0.387. The highest BCUT2D eigenvalue weighted by Gasteiger charge is 2.24. The van der Waals surface area contributed by atoms with Gasteiger partial charge in [0.1, 0.15) is 12.7 Å². The molecule has 1 aromatic rings. The van der Waals surface area contributed by atoms with Crippen molar-refractivity contribution in [2.75, 3.05) is 6.61 Å². The Hall–Kier alpha value is -1.85. The summed E-state index contributed by atoms with van der Waals surface area (Å²) in [5.41, 5.74) is -0.625. The Morgan fingerprint density at radius 2 is 2.27 bits per heavy atom. The summed E-state index contributed by atoms with van der Waals surface area (Å²) in [6, 6.07) is 1.95. The Kier molecular flexibility index (Phi) is 2.18. The van der Waals surface area contributed by atoms with Crippen LogP contribution in [-0.4, -0.2) is 17.6 Å². The third kappa shape index (κ3) is 1.70. The Labute approximate surface area is 84.6 Å². The predicted octanol–water partition coefficient (Wildman–Crippen LogP) is 1.71. The van der Waals surface area contributed by atoms with E-state index in [1.165, 1.54) is 0 Å². The molecule has 1 aromatic carbocycles. The fourth-order valence-electron chi connectivity index (χ4n) is 1.27. The maximum Gasteiger partial charge on any atom is 0.308 e. The maximum absolute atomic E-state index is 13.2. The van der Waals surface area contributed by atoms with Gasteiger partial charge in [-0.05, 0) is 6.92 Å². The van der Waals surface area contributed by atoms with Crippen molar-refractivity contribution in [1.82, 2.24) is 0 Å². The number of halogens is 1. The number of hydrogen-bond donors (Lipinski definition) is 0. The van der Waals surface area contributed by atoms with E-state index in [2.05, 4.69) is 6.92 Å². The average Bonchev–Trinajstić information content (AvgIpc) is 2.15. The first-order valence-electron chi connectivity index (χ1n) is 4.18. The Balaban J connectivity index is 2.46. The number of rotatable bonds is 1. The van der Waals surface area contributed by atoms with Crippen molar-refractivity contribution in [3.8, 4) is 11.5 Å². The molecule has 0 bridgehead atoms. The molecule has 1 radical (unpaired) electrons. The van der Waals surface area contributed by atoms with Gasteiger partial charge in [-0.2, -0.15) is 4.39 Å². The zero-order valence-corrected chi connectivity index (χ0v) is 7.60. The highest BCUT2D eigenvalue weighted by atomic mass is 19.1. The topological polar surface area (TPSA) is 61.6 Å². The van der Waals surface area contributed by atoms with Crippen LogP contribution in [0.4, 0.5) is 10.1 Å². The fourth-order valence-corrected chi connectivity index (χ4v) is 1.27. The van der Waals surface area contributed by atoms with Crippen molar-refractivity contribution in [2.24, 2.45) is 0 Å². The zero-order valence-electron chi connectivity index (χ0n) is 7.60. The molecule has 15 heavy (non-hydrogen) atoms. The second-order valence-electron chi connectivity index (χ2n) is 3.06. The summed E-state index contributed by atoms with van der Waals surface area (Å²) in [5.74, 6) is -0.635. The Bertz CT molecular complexity index is 421. The molecule has 0 amide bonds. The van der Waals surface area contributed by atoms with Gasteiger partial charge in [-0.15, -0.1) is 0 Å². The van der Waals surface area contributed by atoms with Crippen LogP contribution in [0.3, 0.4) is 0 Å². The van der Waals surface area contributed by atoms with Crippen molar-refractivity contribution in [3.05, 3.63) is 35.0 Å². The number of benzene rings is 1. The molecule has 1 heterocycles. The van der Waals surface area contributed by atoms with Crippen molar-refractivity contribution >= 4 is 5.69 Å². The van der Waals surface area contributed by atoms with E-state index in [0.717, 1.165) is 12.1 Å². The summed E-state index contributed by atoms with van der Waals surface area (Å²) in [7, 11) is 0. The van der Waals surface area contributed by atoms with Crippen molar-refractivity contribution in [3.63, 3.8) is 0 Å². The quantitative estimate of drug-likeness (QED) is 0.525. The first-order valence-corrected chi connectivity index (χ1v) is 4.18. The van der Waals surface area contributed by atoms with Gasteiger partial charge in [-0.1, -0.05) is 0 Å².